The summed E-state index contributed by atoms with van der Waals surface area (Å²) < 4.78 is 0. The predicted molar refractivity (Wildman–Crippen MR) is 101 cm³/mol. The van der Waals surface area contributed by atoms with Crippen LogP contribution in [0.5, 0.6) is 0 Å². The van der Waals surface area contributed by atoms with Gasteiger partial charge in [-0.15, -0.1) is 0 Å². The molecule has 0 bridgehead atoms. The molecule has 132 valence electrons. The number of carbonyl (C=O) groups excluding carboxylic acids is 2. The average molecular weight is 359 g/mol. The topological polar surface area (TPSA) is 49.4 Å². The molecular weight excluding hydrogens is 336 g/mol. The number of benzene rings is 2. The lowest BCUT2D eigenvalue weighted by Crippen LogP contribution is -2.32. The van der Waals surface area contributed by atoms with Crippen LogP contribution in [0.1, 0.15) is 29.9 Å². The van der Waals surface area contributed by atoms with E-state index in [0.717, 1.165) is 11.1 Å². The van der Waals surface area contributed by atoms with E-state index in [0.29, 0.717) is 24.4 Å². The SMILES string of the molecule is CNC(=O)CCN(C)C(=O)CC(c1ccccc1)c1cccc(Cl)c1. The van der Waals surface area contributed by atoms with E-state index >= 15 is 0 Å². The van der Waals surface area contributed by atoms with Crippen molar-refractivity contribution in [3.8, 4) is 0 Å². The van der Waals surface area contributed by atoms with E-state index in [1.165, 1.54) is 0 Å². The van der Waals surface area contributed by atoms with Crippen molar-refractivity contribution in [1.82, 2.24) is 10.2 Å². The Morgan fingerprint density at radius 1 is 1.08 bits per heavy atom. The lowest BCUT2D eigenvalue weighted by atomic mass is 9.88. The fraction of sp³-hybridized carbons (Fsp3) is 0.300. The molecule has 0 spiro atoms. The number of halogens is 1. The highest BCUT2D eigenvalue weighted by atomic mass is 35.5. The second kappa shape index (κ2) is 9.23. The Kier molecular flexibility index (Phi) is 7.02. The van der Waals surface area contributed by atoms with Crippen molar-refractivity contribution in [2.45, 2.75) is 18.8 Å². The molecule has 0 saturated heterocycles. The van der Waals surface area contributed by atoms with Gasteiger partial charge >= 0.3 is 0 Å². The summed E-state index contributed by atoms with van der Waals surface area (Å²) in [5.74, 6) is -0.151. The van der Waals surface area contributed by atoms with Crippen molar-refractivity contribution < 1.29 is 9.59 Å². The maximum atomic E-state index is 12.6. The number of nitrogens with zero attached hydrogens (tertiary/aromatic N) is 1. The van der Waals surface area contributed by atoms with Crippen LogP contribution in [0, 0.1) is 0 Å². The Morgan fingerprint density at radius 2 is 1.76 bits per heavy atom. The van der Waals surface area contributed by atoms with Gasteiger partial charge in [-0.25, -0.2) is 0 Å². The van der Waals surface area contributed by atoms with Gasteiger partial charge in [0, 0.05) is 44.4 Å². The lowest BCUT2D eigenvalue weighted by Gasteiger charge is -2.22. The van der Waals surface area contributed by atoms with Gasteiger partial charge in [0.15, 0.2) is 0 Å². The highest BCUT2D eigenvalue weighted by molar-refractivity contribution is 6.30. The first-order valence-electron chi connectivity index (χ1n) is 8.26. The summed E-state index contributed by atoms with van der Waals surface area (Å²) in [4.78, 5) is 25.6. The first-order valence-corrected chi connectivity index (χ1v) is 8.64. The monoisotopic (exact) mass is 358 g/mol. The molecule has 2 rings (SSSR count). The molecule has 2 amide bonds. The summed E-state index contributed by atoms with van der Waals surface area (Å²) in [6, 6.07) is 17.5. The molecule has 4 nitrogen and oxygen atoms in total. The molecule has 0 aliphatic carbocycles. The zero-order valence-electron chi connectivity index (χ0n) is 14.5. The minimum Gasteiger partial charge on any atom is -0.359 e. The minimum atomic E-state index is -0.0749. The molecular formula is C20H23ClN2O2. The zero-order valence-corrected chi connectivity index (χ0v) is 15.3. The third-order valence-corrected chi connectivity index (χ3v) is 4.45. The van der Waals surface area contributed by atoms with Crippen LogP contribution < -0.4 is 5.32 Å². The maximum absolute atomic E-state index is 12.6. The van der Waals surface area contributed by atoms with Crippen molar-refractivity contribution in [2.24, 2.45) is 0 Å². The first kappa shape index (κ1) is 19.0. The molecule has 0 saturated carbocycles. The van der Waals surface area contributed by atoms with Crippen molar-refractivity contribution in [1.29, 1.82) is 0 Å². The molecule has 0 heterocycles. The molecule has 0 aliphatic heterocycles. The summed E-state index contributed by atoms with van der Waals surface area (Å²) in [7, 11) is 3.32. The van der Waals surface area contributed by atoms with Gasteiger partial charge < -0.3 is 10.2 Å². The average Bonchev–Trinajstić information content (AvgIpc) is 2.64. The highest BCUT2D eigenvalue weighted by Crippen LogP contribution is 2.30. The Hall–Kier alpha value is -2.33. The van der Waals surface area contributed by atoms with Crippen LogP contribution >= 0.6 is 11.6 Å². The number of nitrogens with one attached hydrogen (secondary N) is 1. The lowest BCUT2D eigenvalue weighted by molar-refractivity contribution is -0.130. The molecule has 0 aliphatic rings. The fourth-order valence-corrected chi connectivity index (χ4v) is 2.88. The Labute approximate surface area is 153 Å². The van der Waals surface area contributed by atoms with E-state index in [2.05, 4.69) is 5.32 Å². The van der Waals surface area contributed by atoms with E-state index in [-0.39, 0.29) is 17.7 Å². The van der Waals surface area contributed by atoms with Crippen LogP contribution in [0.2, 0.25) is 5.02 Å². The van der Waals surface area contributed by atoms with Crippen molar-refractivity contribution >= 4 is 23.4 Å². The Balaban J connectivity index is 2.16. The van der Waals surface area contributed by atoms with Crippen LogP contribution in [-0.2, 0) is 9.59 Å². The second-order valence-electron chi connectivity index (χ2n) is 5.96. The van der Waals surface area contributed by atoms with E-state index < -0.39 is 0 Å². The Morgan fingerprint density at radius 3 is 2.40 bits per heavy atom. The van der Waals surface area contributed by atoms with Crippen molar-refractivity contribution in [3.63, 3.8) is 0 Å². The molecule has 25 heavy (non-hydrogen) atoms. The highest BCUT2D eigenvalue weighted by Gasteiger charge is 2.21. The number of hydrogen-bond acceptors (Lipinski definition) is 2. The molecule has 1 N–H and O–H groups in total. The Bertz CT molecular complexity index is 719. The van der Waals surface area contributed by atoms with Crippen LogP contribution in [0.3, 0.4) is 0 Å². The van der Waals surface area contributed by atoms with Crippen molar-refractivity contribution in [3.05, 3.63) is 70.7 Å². The molecule has 0 radical (unpaired) electrons. The number of carbonyl (C=O) groups is 2. The number of rotatable bonds is 7. The number of hydrogen-bond donors (Lipinski definition) is 1. The summed E-state index contributed by atoms with van der Waals surface area (Å²) in [6.07, 6.45) is 0.626. The maximum Gasteiger partial charge on any atom is 0.223 e. The van der Waals surface area contributed by atoms with Crippen LogP contribution in [0.25, 0.3) is 0 Å². The standard InChI is InChI=1S/C20H23ClN2O2/c1-22-19(24)11-12-23(2)20(25)14-18(15-7-4-3-5-8-15)16-9-6-10-17(21)13-16/h3-10,13,18H,11-12,14H2,1-2H3,(H,22,24). The fourth-order valence-electron chi connectivity index (χ4n) is 2.69. The van der Waals surface area contributed by atoms with E-state index in [1.54, 1.807) is 19.0 Å². The second-order valence-corrected chi connectivity index (χ2v) is 6.40. The smallest absolute Gasteiger partial charge is 0.223 e. The first-order chi connectivity index (χ1) is 12.0. The van der Waals surface area contributed by atoms with Crippen LogP contribution in [-0.4, -0.2) is 37.4 Å². The third kappa shape index (κ3) is 5.61. The molecule has 2 aromatic carbocycles. The van der Waals surface area contributed by atoms with Gasteiger partial charge in [-0.3, -0.25) is 9.59 Å². The van der Waals surface area contributed by atoms with Gasteiger partial charge in [-0.05, 0) is 23.3 Å². The van der Waals surface area contributed by atoms with Gasteiger partial charge in [-0.2, -0.15) is 0 Å². The van der Waals surface area contributed by atoms with E-state index in [1.807, 2.05) is 54.6 Å². The van der Waals surface area contributed by atoms with Gasteiger partial charge in [0.2, 0.25) is 11.8 Å². The predicted octanol–water partition coefficient (Wildman–Crippen LogP) is 3.46. The van der Waals surface area contributed by atoms with Crippen LogP contribution in [0.15, 0.2) is 54.6 Å². The quantitative estimate of drug-likeness (QED) is 0.824. The van der Waals surface area contributed by atoms with E-state index in [9.17, 15) is 9.59 Å². The van der Waals surface area contributed by atoms with Crippen LogP contribution in [0.4, 0.5) is 0 Å². The van der Waals surface area contributed by atoms with Gasteiger partial charge in [0.1, 0.15) is 0 Å². The molecule has 1 unspecified atom stereocenters. The summed E-state index contributed by atoms with van der Waals surface area (Å²) in [5, 5.41) is 3.22. The summed E-state index contributed by atoms with van der Waals surface area (Å²) in [5.41, 5.74) is 2.07. The van der Waals surface area contributed by atoms with Gasteiger partial charge in [-0.1, -0.05) is 54.1 Å². The minimum absolute atomic E-state index is 0.00210. The van der Waals surface area contributed by atoms with Crippen molar-refractivity contribution in [2.75, 3.05) is 20.6 Å². The largest absolute Gasteiger partial charge is 0.359 e. The zero-order chi connectivity index (χ0) is 18.2. The van der Waals surface area contributed by atoms with Gasteiger partial charge in [0.25, 0.3) is 0 Å². The molecule has 0 fully saturated rings. The van der Waals surface area contributed by atoms with E-state index in [4.69, 9.17) is 11.6 Å². The normalized spacial score (nSPS) is 11.6. The molecule has 5 heteroatoms. The molecule has 2 aromatic rings. The molecule has 1 atom stereocenters. The summed E-state index contributed by atoms with van der Waals surface area (Å²) >= 11 is 6.14. The summed E-state index contributed by atoms with van der Waals surface area (Å²) in [6.45, 7) is 0.398. The van der Waals surface area contributed by atoms with Gasteiger partial charge in [0.05, 0.1) is 0 Å². The molecule has 0 aromatic heterocycles. The third-order valence-electron chi connectivity index (χ3n) is 4.21. The number of amides is 2.